The normalized spacial score (nSPS) is 29.6. The van der Waals surface area contributed by atoms with Crippen LogP contribution in [0.3, 0.4) is 0 Å². The minimum atomic E-state index is 0.144. The molecule has 0 aliphatic carbocycles. The lowest BCUT2D eigenvalue weighted by Crippen LogP contribution is -2.15. The van der Waals surface area contributed by atoms with E-state index in [1.54, 1.807) is 0 Å². The fourth-order valence-corrected chi connectivity index (χ4v) is 1.67. The van der Waals surface area contributed by atoms with Gasteiger partial charge >= 0.3 is 0 Å². The third-order valence-electron chi connectivity index (χ3n) is 2.57. The van der Waals surface area contributed by atoms with Gasteiger partial charge in [-0.15, -0.1) is 0 Å². The molecule has 3 rings (SSSR count). The van der Waals surface area contributed by atoms with Gasteiger partial charge in [0.15, 0.2) is 6.10 Å². The van der Waals surface area contributed by atoms with Crippen molar-refractivity contribution in [3.8, 4) is 0 Å². The summed E-state index contributed by atoms with van der Waals surface area (Å²) in [6.07, 6.45) is 1.29. The number of ether oxygens (including phenoxy) is 1. The van der Waals surface area contributed by atoms with Gasteiger partial charge < -0.3 is 9.57 Å². The van der Waals surface area contributed by atoms with Crippen LogP contribution in [0.1, 0.15) is 12.0 Å². The predicted octanol–water partition coefficient (Wildman–Crippen LogP) is 1.58. The van der Waals surface area contributed by atoms with E-state index in [0.717, 1.165) is 24.3 Å². The molecule has 0 saturated carbocycles. The van der Waals surface area contributed by atoms with Gasteiger partial charge in [0.1, 0.15) is 6.10 Å². The first-order valence-electron chi connectivity index (χ1n) is 4.83. The van der Waals surface area contributed by atoms with Gasteiger partial charge in [0.25, 0.3) is 0 Å². The number of rotatable bonds is 2. The maximum atomic E-state index is 5.31. The third-order valence-corrected chi connectivity index (χ3v) is 2.57. The molecule has 0 unspecified atom stereocenters. The lowest BCUT2D eigenvalue weighted by molar-refractivity contribution is 0.0627. The highest BCUT2D eigenvalue weighted by Crippen LogP contribution is 2.26. The average molecular weight is 189 g/mol. The molecule has 1 saturated heterocycles. The minimum absolute atomic E-state index is 0.144. The zero-order chi connectivity index (χ0) is 9.38. The summed E-state index contributed by atoms with van der Waals surface area (Å²) in [5.41, 5.74) is 2.18. The van der Waals surface area contributed by atoms with Crippen molar-refractivity contribution in [3.05, 3.63) is 35.9 Å². The second-order valence-electron chi connectivity index (χ2n) is 3.62. The molecule has 0 bridgehead atoms. The number of epoxide rings is 1. The Bertz CT molecular complexity index is 357. The molecule has 1 fully saturated rings. The number of benzene rings is 1. The summed E-state index contributed by atoms with van der Waals surface area (Å²) in [4.78, 5) is 5.31. The monoisotopic (exact) mass is 189 g/mol. The van der Waals surface area contributed by atoms with E-state index >= 15 is 0 Å². The molecule has 2 atom stereocenters. The number of oxime groups is 1. The fraction of sp³-hybridized carbons (Fsp3) is 0.364. The average Bonchev–Trinajstić information content (AvgIpc) is 2.98. The van der Waals surface area contributed by atoms with Crippen LogP contribution in [0.15, 0.2) is 35.5 Å². The Morgan fingerprint density at radius 2 is 1.93 bits per heavy atom. The second-order valence-corrected chi connectivity index (χ2v) is 3.62. The van der Waals surface area contributed by atoms with Gasteiger partial charge in [0, 0.05) is 6.42 Å². The van der Waals surface area contributed by atoms with E-state index in [1.165, 1.54) is 0 Å². The number of hydrogen-bond donors (Lipinski definition) is 0. The smallest absolute Gasteiger partial charge is 0.161 e. The first-order chi connectivity index (χ1) is 6.93. The molecule has 2 heterocycles. The van der Waals surface area contributed by atoms with Gasteiger partial charge in [0.05, 0.1) is 12.3 Å². The molecule has 0 radical (unpaired) electrons. The van der Waals surface area contributed by atoms with Crippen LogP contribution in [0.5, 0.6) is 0 Å². The summed E-state index contributed by atoms with van der Waals surface area (Å²) in [6, 6.07) is 10.1. The SMILES string of the molecule is c1ccc(C2=NO[C@H]([C@@H]3CO3)C2)cc1. The molecule has 0 N–H and O–H groups in total. The molecule has 0 amide bonds. The number of hydrogen-bond acceptors (Lipinski definition) is 3. The Hall–Kier alpha value is -1.35. The van der Waals surface area contributed by atoms with Crippen molar-refractivity contribution in [1.29, 1.82) is 0 Å². The van der Waals surface area contributed by atoms with E-state index in [1.807, 2.05) is 18.2 Å². The lowest BCUT2D eigenvalue weighted by Gasteiger charge is -2.01. The van der Waals surface area contributed by atoms with Crippen LogP contribution in [-0.2, 0) is 9.57 Å². The highest BCUT2D eigenvalue weighted by Gasteiger charge is 2.38. The zero-order valence-electron chi connectivity index (χ0n) is 7.72. The quantitative estimate of drug-likeness (QED) is 0.662. The highest BCUT2D eigenvalue weighted by molar-refractivity contribution is 6.01. The summed E-state index contributed by atoms with van der Waals surface area (Å²) in [5, 5.41) is 4.09. The van der Waals surface area contributed by atoms with E-state index in [4.69, 9.17) is 9.57 Å². The molecule has 1 aromatic rings. The van der Waals surface area contributed by atoms with Gasteiger partial charge in [-0.3, -0.25) is 0 Å². The maximum absolute atomic E-state index is 5.31. The topological polar surface area (TPSA) is 34.1 Å². The van der Waals surface area contributed by atoms with E-state index in [0.29, 0.717) is 0 Å². The maximum Gasteiger partial charge on any atom is 0.161 e. The summed E-state index contributed by atoms with van der Waals surface area (Å²) < 4.78 is 5.18. The van der Waals surface area contributed by atoms with Crippen molar-refractivity contribution in [2.45, 2.75) is 18.6 Å². The van der Waals surface area contributed by atoms with Crippen molar-refractivity contribution in [2.75, 3.05) is 6.61 Å². The van der Waals surface area contributed by atoms with Gasteiger partial charge in [-0.05, 0) is 5.56 Å². The molecule has 1 aromatic carbocycles. The summed E-state index contributed by atoms with van der Waals surface area (Å²) in [6.45, 7) is 0.822. The van der Waals surface area contributed by atoms with Gasteiger partial charge in [-0.25, -0.2) is 0 Å². The predicted molar refractivity (Wildman–Crippen MR) is 52.2 cm³/mol. The van der Waals surface area contributed by atoms with Crippen LogP contribution in [0.25, 0.3) is 0 Å². The summed E-state index contributed by atoms with van der Waals surface area (Å²) >= 11 is 0. The Morgan fingerprint density at radius 1 is 1.14 bits per heavy atom. The van der Waals surface area contributed by atoms with E-state index in [2.05, 4.69) is 17.3 Å². The molecule has 3 nitrogen and oxygen atoms in total. The highest BCUT2D eigenvalue weighted by atomic mass is 16.7. The van der Waals surface area contributed by atoms with Crippen LogP contribution < -0.4 is 0 Å². The molecular formula is C11H11NO2. The first kappa shape index (κ1) is 8.00. The van der Waals surface area contributed by atoms with E-state index in [-0.39, 0.29) is 12.2 Å². The standard InChI is InChI=1S/C11H11NO2/c1-2-4-8(5-3-1)9-6-10(14-12-9)11-7-13-11/h1-5,10-11H,6-7H2/t10-,11-/m0/s1. The Balaban J connectivity index is 1.75. The molecule has 0 aromatic heterocycles. The molecule has 0 spiro atoms. The first-order valence-corrected chi connectivity index (χ1v) is 4.83. The largest absolute Gasteiger partial charge is 0.389 e. The second kappa shape index (κ2) is 3.10. The van der Waals surface area contributed by atoms with Crippen LogP contribution >= 0.6 is 0 Å². The summed E-state index contributed by atoms with van der Waals surface area (Å²) in [7, 11) is 0. The van der Waals surface area contributed by atoms with Crippen molar-refractivity contribution in [3.63, 3.8) is 0 Å². The van der Waals surface area contributed by atoms with Crippen molar-refractivity contribution in [1.82, 2.24) is 0 Å². The molecule has 2 aliphatic rings. The van der Waals surface area contributed by atoms with Crippen LogP contribution in [0.4, 0.5) is 0 Å². The van der Waals surface area contributed by atoms with Crippen LogP contribution in [0.2, 0.25) is 0 Å². The van der Waals surface area contributed by atoms with E-state index < -0.39 is 0 Å². The van der Waals surface area contributed by atoms with Crippen molar-refractivity contribution >= 4 is 5.71 Å². The Morgan fingerprint density at radius 3 is 2.64 bits per heavy atom. The van der Waals surface area contributed by atoms with Crippen molar-refractivity contribution in [2.24, 2.45) is 5.16 Å². The van der Waals surface area contributed by atoms with Crippen molar-refractivity contribution < 1.29 is 9.57 Å². The van der Waals surface area contributed by atoms with Gasteiger partial charge in [0.2, 0.25) is 0 Å². The summed E-state index contributed by atoms with van der Waals surface area (Å²) in [5.74, 6) is 0. The van der Waals surface area contributed by atoms with Gasteiger partial charge in [-0.1, -0.05) is 35.5 Å². The third kappa shape index (κ3) is 1.40. The fourth-order valence-electron chi connectivity index (χ4n) is 1.67. The molecule has 14 heavy (non-hydrogen) atoms. The Kier molecular flexibility index (Phi) is 1.77. The van der Waals surface area contributed by atoms with E-state index in [9.17, 15) is 0 Å². The molecule has 3 heteroatoms. The zero-order valence-corrected chi connectivity index (χ0v) is 7.72. The molecular weight excluding hydrogens is 178 g/mol. The minimum Gasteiger partial charge on any atom is -0.389 e. The van der Waals surface area contributed by atoms with Crippen LogP contribution in [-0.4, -0.2) is 24.5 Å². The number of nitrogens with zero attached hydrogens (tertiary/aromatic N) is 1. The van der Waals surface area contributed by atoms with Crippen LogP contribution in [0, 0.1) is 0 Å². The Labute approximate surface area is 82.3 Å². The molecule has 2 aliphatic heterocycles. The van der Waals surface area contributed by atoms with Gasteiger partial charge in [-0.2, -0.15) is 0 Å². The lowest BCUT2D eigenvalue weighted by atomic mass is 10.0. The molecule has 72 valence electrons.